The third-order valence-electron chi connectivity index (χ3n) is 5.59. The van der Waals surface area contributed by atoms with E-state index in [1.165, 1.54) is 32.1 Å². The maximum Gasteiger partial charge on any atom is 0.244 e. The van der Waals surface area contributed by atoms with E-state index in [-0.39, 0.29) is 11.7 Å². The third-order valence-corrected chi connectivity index (χ3v) is 5.59. The maximum absolute atomic E-state index is 12.9. The Balaban J connectivity index is 2.20. The van der Waals surface area contributed by atoms with Crippen LogP contribution >= 0.6 is 0 Å². The first-order valence-electron chi connectivity index (χ1n) is 8.67. The summed E-state index contributed by atoms with van der Waals surface area (Å²) >= 11 is 0. The van der Waals surface area contributed by atoms with Gasteiger partial charge in [-0.25, -0.2) is 0 Å². The number of hydrogen-bond donors (Lipinski definition) is 1. The van der Waals surface area contributed by atoms with Crippen molar-refractivity contribution in [3.8, 4) is 0 Å². The number of carbonyl (C=O) groups excluding carboxylic acids is 1. The van der Waals surface area contributed by atoms with Crippen LogP contribution in [0.2, 0.25) is 0 Å². The molecule has 3 nitrogen and oxygen atoms in total. The Kier molecular flexibility index (Phi) is 5.11. The summed E-state index contributed by atoms with van der Waals surface area (Å²) in [6, 6.07) is 0.439. The van der Waals surface area contributed by atoms with Crippen molar-refractivity contribution in [1.29, 1.82) is 0 Å². The van der Waals surface area contributed by atoms with Crippen LogP contribution in [0.4, 0.5) is 0 Å². The van der Waals surface area contributed by atoms with Crippen LogP contribution in [0.5, 0.6) is 0 Å². The third kappa shape index (κ3) is 2.74. The number of carbonyl (C=O) groups is 1. The molecule has 1 saturated carbocycles. The fourth-order valence-corrected chi connectivity index (χ4v) is 4.14. The SMILES string of the molecule is CCC1NC(C)(CC)C(=O)N1C(CC)C1CCCCC1. The van der Waals surface area contributed by atoms with E-state index in [0.29, 0.717) is 17.9 Å². The smallest absolute Gasteiger partial charge is 0.244 e. The molecule has 0 spiro atoms. The van der Waals surface area contributed by atoms with Crippen molar-refractivity contribution in [3.63, 3.8) is 0 Å². The van der Waals surface area contributed by atoms with Crippen molar-refractivity contribution in [2.24, 2.45) is 5.92 Å². The Hall–Kier alpha value is -0.570. The van der Waals surface area contributed by atoms with Gasteiger partial charge in [0.2, 0.25) is 5.91 Å². The zero-order valence-corrected chi connectivity index (χ0v) is 13.7. The highest BCUT2D eigenvalue weighted by atomic mass is 16.2. The molecule has 1 aliphatic carbocycles. The van der Waals surface area contributed by atoms with E-state index in [2.05, 4.69) is 37.9 Å². The molecule has 0 aromatic heterocycles. The van der Waals surface area contributed by atoms with Crippen molar-refractivity contribution < 1.29 is 4.79 Å². The largest absolute Gasteiger partial charge is 0.322 e. The Morgan fingerprint density at radius 2 is 1.90 bits per heavy atom. The molecule has 1 saturated heterocycles. The van der Waals surface area contributed by atoms with Crippen LogP contribution in [0.25, 0.3) is 0 Å². The minimum absolute atomic E-state index is 0.235. The second kappa shape index (κ2) is 6.46. The van der Waals surface area contributed by atoms with E-state index in [4.69, 9.17) is 0 Å². The zero-order valence-electron chi connectivity index (χ0n) is 13.7. The molecule has 2 rings (SSSR count). The second-order valence-corrected chi connectivity index (χ2v) is 6.84. The van der Waals surface area contributed by atoms with Crippen molar-refractivity contribution >= 4 is 5.91 Å². The van der Waals surface area contributed by atoms with Crippen LogP contribution in [0.3, 0.4) is 0 Å². The summed E-state index contributed by atoms with van der Waals surface area (Å²) in [6.07, 6.45) is 9.89. The standard InChI is InChI=1S/C17H32N2O/c1-5-14(13-11-9-8-10-12-13)19-15(6-2)18-17(4,7-3)16(19)20/h13-15,18H,5-12H2,1-4H3. The number of amides is 1. The molecule has 3 atom stereocenters. The highest BCUT2D eigenvalue weighted by Gasteiger charge is 2.49. The Morgan fingerprint density at radius 1 is 1.25 bits per heavy atom. The quantitative estimate of drug-likeness (QED) is 0.833. The van der Waals surface area contributed by atoms with Crippen LogP contribution in [0.1, 0.15) is 79.1 Å². The van der Waals surface area contributed by atoms with Crippen LogP contribution < -0.4 is 5.32 Å². The van der Waals surface area contributed by atoms with Gasteiger partial charge in [-0.05, 0) is 44.9 Å². The highest BCUT2D eigenvalue weighted by Crippen LogP contribution is 2.35. The average molecular weight is 280 g/mol. The van der Waals surface area contributed by atoms with Crippen LogP contribution in [-0.2, 0) is 4.79 Å². The lowest BCUT2D eigenvalue weighted by Crippen LogP contribution is -2.48. The summed E-state index contributed by atoms with van der Waals surface area (Å²) in [6.45, 7) is 8.63. The molecule has 1 amide bonds. The van der Waals surface area contributed by atoms with Crippen LogP contribution in [0.15, 0.2) is 0 Å². The number of nitrogens with one attached hydrogen (secondary N) is 1. The predicted molar refractivity (Wildman–Crippen MR) is 83.4 cm³/mol. The van der Waals surface area contributed by atoms with Gasteiger partial charge in [0.1, 0.15) is 0 Å². The molecule has 0 radical (unpaired) electrons. The van der Waals surface area contributed by atoms with Gasteiger partial charge in [-0.2, -0.15) is 0 Å². The molecular weight excluding hydrogens is 248 g/mol. The van der Waals surface area contributed by atoms with Gasteiger partial charge in [0, 0.05) is 6.04 Å². The van der Waals surface area contributed by atoms with Gasteiger partial charge in [-0.1, -0.05) is 40.0 Å². The molecule has 116 valence electrons. The van der Waals surface area contributed by atoms with Gasteiger partial charge in [0.15, 0.2) is 0 Å². The molecule has 3 heteroatoms. The van der Waals surface area contributed by atoms with E-state index in [0.717, 1.165) is 19.3 Å². The Bertz CT molecular complexity index is 338. The second-order valence-electron chi connectivity index (χ2n) is 6.84. The lowest BCUT2D eigenvalue weighted by molar-refractivity contribution is -0.136. The van der Waals surface area contributed by atoms with Gasteiger partial charge in [-0.3, -0.25) is 10.1 Å². The summed E-state index contributed by atoms with van der Waals surface area (Å²) < 4.78 is 0. The minimum atomic E-state index is -0.344. The first kappa shape index (κ1) is 15.8. The molecule has 1 N–H and O–H groups in total. The molecule has 0 aromatic carbocycles. The van der Waals surface area contributed by atoms with Crippen molar-refractivity contribution in [1.82, 2.24) is 10.2 Å². The fraction of sp³-hybridized carbons (Fsp3) is 0.941. The van der Waals surface area contributed by atoms with Crippen molar-refractivity contribution in [2.45, 2.75) is 96.8 Å². The summed E-state index contributed by atoms with van der Waals surface area (Å²) in [5.74, 6) is 1.05. The summed E-state index contributed by atoms with van der Waals surface area (Å²) in [5.41, 5.74) is -0.344. The van der Waals surface area contributed by atoms with Gasteiger partial charge in [0.05, 0.1) is 11.7 Å². The minimum Gasteiger partial charge on any atom is -0.322 e. The molecule has 0 aromatic rings. The fourth-order valence-electron chi connectivity index (χ4n) is 4.14. The molecular formula is C17H32N2O. The van der Waals surface area contributed by atoms with E-state index in [1.54, 1.807) is 0 Å². The van der Waals surface area contributed by atoms with Gasteiger partial charge < -0.3 is 4.90 Å². The maximum atomic E-state index is 12.9. The predicted octanol–water partition coefficient (Wildman–Crippen LogP) is 3.68. The van der Waals surface area contributed by atoms with Gasteiger partial charge >= 0.3 is 0 Å². The lowest BCUT2D eigenvalue weighted by atomic mass is 9.81. The lowest BCUT2D eigenvalue weighted by Gasteiger charge is -2.39. The van der Waals surface area contributed by atoms with Crippen molar-refractivity contribution in [2.75, 3.05) is 0 Å². The van der Waals surface area contributed by atoms with Gasteiger partial charge in [-0.15, -0.1) is 0 Å². The Labute approximate surface area is 124 Å². The molecule has 0 bridgehead atoms. The van der Waals surface area contributed by atoms with E-state index >= 15 is 0 Å². The first-order chi connectivity index (χ1) is 9.57. The van der Waals surface area contributed by atoms with E-state index in [1.807, 2.05) is 0 Å². The van der Waals surface area contributed by atoms with E-state index in [9.17, 15) is 4.79 Å². The normalized spacial score (nSPS) is 33.7. The topological polar surface area (TPSA) is 32.3 Å². The molecule has 2 fully saturated rings. The Morgan fingerprint density at radius 3 is 2.40 bits per heavy atom. The van der Waals surface area contributed by atoms with E-state index < -0.39 is 0 Å². The summed E-state index contributed by atoms with van der Waals surface area (Å²) in [7, 11) is 0. The number of nitrogens with zero attached hydrogens (tertiary/aromatic N) is 1. The van der Waals surface area contributed by atoms with Crippen LogP contribution in [0, 0.1) is 5.92 Å². The first-order valence-corrected chi connectivity index (χ1v) is 8.67. The number of hydrogen-bond acceptors (Lipinski definition) is 2. The average Bonchev–Trinajstić information content (AvgIpc) is 2.75. The molecule has 3 unspecified atom stereocenters. The highest BCUT2D eigenvalue weighted by molar-refractivity contribution is 5.88. The molecule has 2 aliphatic rings. The van der Waals surface area contributed by atoms with Gasteiger partial charge in [0.25, 0.3) is 0 Å². The number of rotatable bonds is 5. The molecule has 1 aliphatic heterocycles. The molecule has 1 heterocycles. The monoisotopic (exact) mass is 280 g/mol. The zero-order chi connectivity index (χ0) is 14.8. The van der Waals surface area contributed by atoms with Crippen molar-refractivity contribution in [3.05, 3.63) is 0 Å². The van der Waals surface area contributed by atoms with Crippen LogP contribution in [-0.4, -0.2) is 28.6 Å². The molecule has 20 heavy (non-hydrogen) atoms. The summed E-state index contributed by atoms with van der Waals surface area (Å²) in [5, 5.41) is 3.60. The summed E-state index contributed by atoms with van der Waals surface area (Å²) in [4.78, 5) is 15.2.